The summed E-state index contributed by atoms with van der Waals surface area (Å²) >= 11 is 0. The highest BCUT2D eigenvalue weighted by Crippen LogP contribution is 2.17. The summed E-state index contributed by atoms with van der Waals surface area (Å²) in [5, 5.41) is 26.9. The van der Waals surface area contributed by atoms with Crippen LogP contribution in [0.4, 0.5) is 11.4 Å². The lowest BCUT2D eigenvalue weighted by atomic mass is 10.0. The van der Waals surface area contributed by atoms with E-state index in [-0.39, 0.29) is 12.2 Å². The summed E-state index contributed by atoms with van der Waals surface area (Å²) in [7, 11) is 0. The van der Waals surface area contributed by atoms with Crippen molar-refractivity contribution >= 4 is 23.2 Å². The number of aliphatic carboxylic acids is 1. The van der Waals surface area contributed by atoms with Gasteiger partial charge in [0.05, 0.1) is 0 Å². The number of hydrogen-bond donors (Lipinski definition) is 3. The molecule has 0 radical (unpaired) electrons. The molecule has 0 bridgehead atoms. The van der Waals surface area contributed by atoms with E-state index < -0.39 is 5.97 Å². The third kappa shape index (κ3) is 14.1. The number of hydrazine groups is 1. The van der Waals surface area contributed by atoms with E-state index in [1.54, 1.807) is 12.1 Å². The number of nitrogens with zero attached hydrogens (tertiary/aromatic N) is 2. The fourth-order valence-electron chi connectivity index (χ4n) is 4.66. The molecule has 0 aliphatic carbocycles. The predicted octanol–water partition coefficient (Wildman–Crippen LogP) is 6.18. The number of carbonyl (C=O) groups is 1. The van der Waals surface area contributed by atoms with Crippen LogP contribution >= 0.6 is 0 Å². The van der Waals surface area contributed by atoms with Crippen LogP contribution in [0.2, 0.25) is 0 Å². The van der Waals surface area contributed by atoms with Gasteiger partial charge in [-0.15, -0.1) is 0 Å². The highest BCUT2D eigenvalue weighted by Gasteiger charge is 2.29. The van der Waals surface area contributed by atoms with Gasteiger partial charge in [-0.2, -0.15) is 0 Å². The van der Waals surface area contributed by atoms with Crippen molar-refractivity contribution in [3.63, 3.8) is 0 Å². The first-order chi connectivity index (χ1) is 19.0. The number of carboxylic acid groups (broad SMARTS) is 1. The second kappa shape index (κ2) is 19.9. The van der Waals surface area contributed by atoms with Crippen LogP contribution in [-0.2, 0) is 4.79 Å². The number of aromatic hydroxyl groups is 1. The van der Waals surface area contributed by atoms with Gasteiger partial charge in [0.25, 0.3) is 0 Å². The van der Waals surface area contributed by atoms with Gasteiger partial charge in [0.2, 0.25) is 0 Å². The molecule has 7 nitrogen and oxygen atoms in total. The van der Waals surface area contributed by atoms with Crippen LogP contribution in [0.1, 0.15) is 117 Å². The molecule has 3 rings (SSSR count). The molecule has 216 valence electrons. The first-order valence-corrected chi connectivity index (χ1v) is 15.0. The molecule has 7 heteroatoms. The number of carboxylic acids is 1. The lowest BCUT2D eigenvalue weighted by Gasteiger charge is -2.21. The fourth-order valence-corrected chi connectivity index (χ4v) is 4.66. The van der Waals surface area contributed by atoms with E-state index in [0.717, 1.165) is 35.2 Å². The molecule has 0 spiro atoms. The third-order valence-corrected chi connectivity index (χ3v) is 6.88. The summed E-state index contributed by atoms with van der Waals surface area (Å²) < 4.78 is 0. The number of rotatable bonds is 18. The van der Waals surface area contributed by atoms with Crippen LogP contribution in [0.15, 0.2) is 59.7 Å². The van der Waals surface area contributed by atoms with Crippen molar-refractivity contribution in [1.82, 2.24) is 5.43 Å². The molecule has 2 aromatic rings. The Morgan fingerprint density at radius 1 is 0.795 bits per heavy atom. The second-order valence-electron chi connectivity index (χ2n) is 10.4. The Hall–Kier alpha value is -3.06. The molecule has 1 atom stereocenters. The molecule has 0 saturated carbocycles. The SMILES string of the molecule is CC1=N[NH+](c2ccccc2)N(c2ccc(O)cc2)N1.CCCCCCCCCCCCCCCCCC(=O)[O-]. The second-order valence-corrected chi connectivity index (χ2v) is 10.4. The Kier molecular flexibility index (Phi) is 16.4. The molecule has 39 heavy (non-hydrogen) atoms. The summed E-state index contributed by atoms with van der Waals surface area (Å²) in [4.78, 5) is 10.2. The van der Waals surface area contributed by atoms with Crippen LogP contribution in [0, 0.1) is 0 Å². The first-order valence-electron chi connectivity index (χ1n) is 15.0. The van der Waals surface area contributed by atoms with E-state index in [1.165, 1.54) is 83.5 Å². The van der Waals surface area contributed by atoms with Crippen molar-refractivity contribution in [3.8, 4) is 5.75 Å². The summed E-state index contributed by atoms with van der Waals surface area (Å²) in [5.41, 5.74) is 5.17. The zero-order valence-electron chi connectivity index (χ0n) is 24.2. The molecule has 2 aromatic carbocycles. The Balaban J connectivity index is 0.000000273. The van der Waals surface area contributed by atoms with E-state index >= 15 is 0 Å². The van der Waals surface area contributed by atoms with E-state index in [4.69, 9.17) is 0 Å². The Bertz CT molecular complexity index is 934. The van der Waals surface area contributed by atoms with E-state index in [9.17, 15) is 15.0 Å². The van der Waals surface area contributed by atoms with Crippen molar-refractivity contribution in [3.05, 3.63) is 54.6 Å². The Morgan fingerprint density at radius 2 is 1.28 bits per heavy atom. The van der Waals surface area contributed by atoms with Crippen LogP contribution in [0.3, 0.4) is 0 Å². The normalized spacial score (nSPS) is 14.4. The molecule has 0 aromatic heterocycles. The van der Waals surface area contributed by atoms with E-state index in [1.807, 2.05) is 54.5 Å². The smallest absolute Gasteiger partial charge is 0.184 e. The van der Waals surface area contributed by atoms with Gasteiger partial charge >= 0.3 is 0 Å². The Labute approximate surface area is 235 Å². The van der Waals surface area contributed by atoms with Crippen LogP contribution in [0.25, 0.3) is 0 Å². The van der Waals surface area contributed by atoms with Crippen LogP contribution in [0.5, 0.6) is 5.75 Å². The van der Waals surface area contributed by atoms with Gasteiger partial charge in [-0.25, -0.2) is 5.43 Å². The number of phenolic OH excluding ortho intramolecular Hbond substituents is 1. The molecule has 1 aliphatic heterocycles. The molecular formula is C32H50N4O3. The van der Waals surface area contributed by atoms with Gasteiger partial charge in [0.15, 0.2) is 11.5 Å². The van der Waals surface area contributed by atoms with E-state index in [0.29, 0.717) is 0 Å². The summed E-state index contributed by atoms with van der Waals surface area (Å²) in [5.74, 6) is 0.188. The van der Waals surface area contributed by atoms with Gasteiger partial charge in [0.1, 0.15) is 11.4 Å². The van der Waals surface area contributed by atoms with Gasteiger partial charge in [-0.1, -0.05) is 125 Å². The molecular weight excluding hydrogens is 488 g/mol. The minimum absolute atomic E-state index is 0.234. The number of anilines is 1. The number of nitrogens with one attached hydrogen (secondary N) is 2. The minimum Gasteiger partial charge on any atom is -0.550 e. The number of phenols is 1. The summed E-state index contributed by atoms with van der Waals surface area (Å²) in [6, 6.07) is 17.0. The lowest BCUT2D eigenvalue weighted by Crippen LogP contribution is -3.10. The topological polar surface area (TPSA) is 92.4 Å². The lowest BCUT2D eigenvalue weighted by molar-refractivity contribution is -0.846. The quantitative estimate of drug-likeness (QED) is 0.197. The number of hydrogen-bond acceptors (Lipinski definition) is 6. The predicted molar refractivity (Wildman–Crippen MR) is 158 cm³/mol. The minimum atomic E-state index is -0.903. The molecule has 0 saturated heterocycles. The number of benzene rings is 2. The highest BCUT2D eigenvalue weighted by molar-refractivity contribution is 5.81. The largest absolute Gasteiger partial charge is 0.550 e. The number of quaternary nitrogens is 1. The van der Waals surface area contributed by atoms with Crippen LogP contribution < -0.4 is 20.8 Å². The monoisotopic (exact) mass is 538 g/mol. The van der Waals surface area contributed by atoms with Crippen LogP contribution in [-0.4, -0.2) is 16.9 Å². The van der Waals surface area contributed by atoms with Crippen molar-refractivity contribution in [2.75, 3.05) is 5.12 Å². The van der Waals surface area contributed by atoms with Gasteiger partial charge in [0, 0.05) is 25.0 Å². The third-order valence-electron chi connectivity index (χ3n) is 6.88. The summed E-state index contributed by atoms with van der Waals surface area (Å²) in [6.45, 7) is 4.19. The number of carbonyl (C=O) groups excluding carboxylic acids is 1. The maximum atomic E-state index is 10.2. The van der Waals surface area contributed by atoms with Crippen molar-refractivity contribution < 1.29 is 20.1 Å². The maximum absolute atomic E-state index is 10.2. The summed E-state index contributed by atoms with van der Waals surface area (Å²) in [6.07, 6.45) is 19.9. The average Bonchev–Trinajstić information content (AvgIpc) is 3.33. The number of unbranched alkanes of at least 4 members (excludes halogenated alkanes) is 14. The molecule has 1 heterocycles. The Morgan fingerprint density at radius 3 is 1.77 bits per heavy atom. The number of amidine groups is 1. The van der Waals surface area contributed by atoms with Crippen molar-refractivity contribution in [2.24, 2.45) is 5.10 Å². The first kappa shape index (κ1) is 32.2. The van der Waals surface area contributed by atoms with Gasteiger partial charge < -0.3 is 15.0 Å². The molecule has 0 amide bonds. The van der Waals surface area contributed by atoms with E-state index in [2.05, 4.69) is 17.5 Å². The van der Waals surface area contributed by atoms with Gasteiger partial charge in [-0.05, 0) is 42.2 Å². The van der Waals surface area contributed by atoms with Crippen molar-refractivity contribution in [2.45, 2.75) is 117 Å². The zero-order chi connectivity index (χ0) is 28.1. The average molecular weight is 539 g/mol. The molecule has 1 unspecified atom stereocenters. The molecule has 3 N–H and O–H groups in total. The molecule has 0 fully saturated rings. The van der Waals surface area contributed by atoms with Gasteiger partial charge in [-0.3, -0.25) is 0 Å². The standard InChI is InChI=1S/C18H36O2.C14H14N4O/c1-2-3-4-5-6-7-8-9-10-11-12-13-14-15-16-17-18(19)20;1-11-15-17(12-5-3-2-4-6-12)18(16-11)13-7-9-14(19)10-8-13/h2-17H2,1H3,(H,19,20);2-10,19H,1H3,(H,15,16). The van der Waals surface area contributed by atoms with Crippen molar-refractivity contribution in [1.29, 1.82) is 0 Å². The molecule has 1 aliphatic rings. The fraction of sp³-hybridized carbons (Fsp3) is 0.562. The zero-order valence-corrected chi connectivity index (χ0v) is 24.2. The highest BCUT2D eigenvalue weighted by atomic mass is 16.4. The maximum Gasteiger partial charge on any atom is 0.184 e.